The molecule has 0 radical (unpaired) electrons. The van der Waals surface area contributed by atoms with E-state index in [2.05, 4.69) is 0 Å². The molecule has 3 aromatic carbocycles. The van der Waals surface area contributed by atoms with Gasteiger partial charge in [0.25, 0.3) is 5.91 Å². The lowest BCUT2D eigenvalue weighted by Crippen LogP contribution is -2.35. The molecule has 3 amide bonds. The van der Waals surface area contributed by atoms with Crippen LogP contribution in [0.2, 0.25) is 0 Å². The summed E-state index contributed by atoms with van der Waals surface area (Å²) in [4.78, 5) is 40.5. The van der Waals surface area contributed by atoms with E-state index >= 15 is 0 Å². The Morgan fingerprint density at radius 3 is 2.00 bits per heavy atom. The molecule has 3 aromatic rings. The first-order valence-electron chi connectivity index (χ1n) is 9.73. The Bertz CT molecular complexity index is 1000. The van der Waals surface area contributed by atoms with Crippen LogP contribution >= 0.6 is 0 Å². The number of carbonyl (C=O) groups excluding carboxylic acids is 3. The van der Waals surface area contributed by atoms with Gasteiger partial charge in [0, 0.05) is 5.69 Å². The third-order valence-corrected chi connectivity index (χ3v) is 4.86. The molecule has 31 heavy (non-hydrogen) atoms. The monoisotopic (exact) mass is 416 g/mol. The Kier molecular flexibility index (Phi) is 5.93. The fraction of sp³-hybridized carbons (Fsp3) is 0.125. The lowest BCUT2D eigenvalue weighted by molar-refractivity contribution is -0.130. The van der Waals surface area contributed by atoms with E-state index in [1.165, 1.54) is 4.90 Å². The van der Waals surface area contributed by atoms with Crippen molar-refractivity contribution in [1.29, 1.82) is 0 Å². The molecule has 1 aliphatic rings. The van der Waals surface area contributed by atoms with Gasteiger partial charge in [0.1, 0.15) is 12.6 Å². The van der Waals surface area contributed by atoms with Crippen molar-refractivity contribution in [3.8, 4) is 0 Å². The molecule has 0 aromatic heterocycles. The van der Waals surface area contributed by atoms with Crippen LogP contribution in [0.25, 0.3) is 0 Å². The van der Waals surface area contributed by atoms with Gasteiger partial charge in [-0.25, -0.2) is 14.5 Å². The summed E-state index contributed by atoms with van der Waals surface area (Å²) in [7, 11) is 0. The second-order valence-corrected chi connectivity index (χ2v) is 6.87. The van der Waals surface area contributed by atoms with Crippen LogP contribution < -0.4 is 4.90 Å². The molecule has 0 N–H and O–H groups in total. The third kappa shape index (κ3) is 4.40. The summed E-state index contributed by atoms with van der Waals surface area (Å²) in [6, 6.07) is 25.6. The van der Waals surface area contributed by atoms with Gasteiger partial charge in [-0.15, -0.1) is 0 Å². The molecule has 1 fully saturated rings. The quantitative estimate of drug-likeness (QED) is 0.437. The first-order valence-corrected chi connectivity index (χ1v) is 9.73. The molecule has 1 heterocycles. The minimum absolute atomic E-state index is 0.0321. The van der Waals surface area contributed by atoms with E-state index in [9.17, 15) is 14.4 Å². The Morgan fingerprint density at radius 2 is 1.35 bits per heavy atom. The predicted octanol–water partition coefficient (Wildman–Crippen LogP) is 4.51. The fourth-order valence-electron chi connectivity index (χ4n) is 3.36. The zero-order valence-electron chi connectivity index (χ0n) is 16.6. The molecule has 7 nitrogen and oxygen atoms in total. The summed E-state index contributed by atoms with van der Waals surface area (Å²) in [6.45, 7) is -0.498. The summed E-state index contributed by atoms with van der Waals surface area (Å²) in [5.41, 5.74) is 2.04. The predicted molar refractivity (Wildman–Crippen MR) is 113 cm³/mol. The van der Waals surface area contributed by atoms with Crippen molar-refractivity contribution in [2.75, 3.05) is 11.6 Å². The van der Waals surface area contributed by atoms with Crippen LogP contribution in [-0.2, 0) is 20.9 Å². The number of rotatable bonds is 6. The third-order valence-electron chi connectivity index (χ3n) is 4.86. The van der Waals surface area contributed by atoms with Crippen LogP contribution in [0.4, 0.5) is 15.3 Å². The van der Waals surface area contributed by atoms with Gasteiger partial charge < -0.3 is 9.47 Å². The Labute approximate surface area is 179 Å². The number of hydrogen-bond donors (Lipinski definition) is 0. The lowest BCUT2D eigenvalue weighted by Gasteiger charge is -2.22. The highest BCUT2D eigenvalue weighted by Crippen LogP contribution is 2.35. The van der Waals surface area contributed by atoms with Crippen molar-refractivity contribution in [2.24, 2.45) is 0 Å². The van der Waals surface area contributed by atoms with Crippen LogP contribution in [0.5, 0.6) is 0 Å². The van der Waals surface area contributed by atoms with Crippen LogP contribution in [0, 0.1) is 0 Å². The Morgan fingerprint density at radius 1 is 0.774 bits per heavy atom. The number of amides is 3. The number of ether oxygens (including phenoxy) is 2. The fourth-order valence-corrected chi connectivity index (χ4v) is 3.36. The topological polar surface area (TPSA) is 76.2 Å². The zero-order chi connectivity index (χ0) is 21.6. The molecule has 0 saturated carbocycles. The van der Waals surface area contributed by atoms with Gasteiger partial charge in [-0.3, -0.25) is 9.69 Å². The van der Waals surface area contributed by atoms with Crippen molar-refractivity contribution < 1.29 is 23.9 Å². The van der Waals surface area contributed by atoms with Crippen LogP contribution in [-0.4, -0.2) is 29.7 Å². The second kappa shape index (κ2) is 9.13. The van der Waals surface area contributed by atoms with Crippen molar-refractivity contribution in [3.05, 3.63) is 102 Å². The van der Waals surface area contributed by atoms with Gasteiger partial charge in [-0.1, -0.05) is 78.9 Å². The van der Waals surface area contributed by atoms with E-state index in [1.54, 1.807) is 48.5 Å². The van der Waals surface area contributed by atoms with Gasteiger partial charge in [0.05, 0.1) is 0 Å². The van der Waals surface area contributed by atoms with E-state index in [0.29, 0.717) is 11.3 Å². The van der Waals surface area contributed by atoms with Crippen molar-refractivity contribution in [1.82, 2.24) is 4.90 Å². The minimum Gasteiger partial charge on any atom is -0.429 e. The summed E-state index contributed by atoms with van der Waals surface area (Å²) in [5, 5.41) is 0. The normalized spacial score (nSPS) is 15.8. The molecular weight excluding hydrogens is 396 g/mol. The molecule has 1 aliphatic heterocycles. The summed E-state index contributed by atoms with van der Waals surface area (Å²) in [6.07, 6.45) is -0.959. The molecule has 156 valence electrons. The van der Waals surface area contributed by atoms with Crippen LogP contribution in [0.1, 0.15) is 17.2 Å². The summed E-state index contributed by atoms with van der Waals surface area (Å²) >= 11 is 0. The number of urea groups is 1. The van der Waals surface area contributed by atoms with Gasteiger partial charge in [0.2, 0.25) is 0 Å². The van der Waals surface area contributed by atoms with E-state index < -0.39 is 30.9 Å². The van der Waals surface area contributed by atoms with Crippen molar-refractivity contribution in [3.63, 3.8) is 0 Å². The summed E-state index contributed by atoms with van der Waals surface area (Å²) in [5.74, 6) is -0.476. The van der Waals surface area contributed by atoms with Crippen molar-refractivity contribution in [2.45, 2.75) is 12.6 Å². The number of benzene rings is 3. The molecule has 1 saturated heterocycles. The number of nitrogens with zero attached hydrogens (tertiary/aromatic N) is 2. The number of imide groups is 1. The maximum absolute atomic E-state index is 13.1. The molecular formula is C24H20N2O5. The highest BCUT2D eigenvalue weighted by Gasteiger charge is 2.47. The first kappa shape index (κ1) is 20.2. The molecule has 1 atom stereocenters. The number of carbonyl (C=O) groups is 3. The smallest absolute Gasteiger partial charge is 0.429 e. The van der Waals surface area contributed by atoms with Crippen LogP contribution in [0.3, 0.4) is 0 Å². The maximum Gasteiger partial charge on any atom is 0.510 e. The first-order chi connectivity index (χ1) is 15.1. The molecule has 0 aliphatic carbocycles. The average molecular weight is 416 g/mol. The maximum atomic E-state index is 13.1. The van der Waals surface area contributed by atoms with Gasteiger partial charge in [-0.05, 0) is 23.3 Å². The number of para-hydroxylation sites is 1. The highest BCUT2D eigenvalue weighted by molar-refractivity contribution is 6.14. The average Bonchev–Trinajstić information content (AvgIpc) is 3.07. The molecule has 1 unspecified atom stereocenters. The standard InChI is InChI=1S/C24H20N2O5/c27-22-21(19-12-6-2-7-13-19)26(20-14-8-3-9-15-20)23(28)25(22)17-31-24(29)30-16-18-10-4-1-5-11-18/h1-15,21H,16-17H2. The summed E-state index contributed by atoms with van der Waals surface area (Å²) < 4.78 is 10.1. The Hall–Kier alpha value is -4.13. The van der Waals surface area contributed by atoms with E-state index in [1.807, 2.05) is 42.5 Å². The van der Waals surface area contributed by atoms with Crippen LogP contribution in [0.15, 0.2) is 91.0 Å². The molecule has 0 bridgehead atoms. The van der Waals surface area contributed by atoms with Gasteiger partial charge in [0.15, 0.2) is 6.73 Å². The largest absolute Gasteiger partial charge is 0.510 e. The SMILES string of the molecule is O=C(OCc1ccccc1)OCN1C(=O)C(c2ccccc2)N(c2ccccc2)C1=O. The number of anilines is 1. The lowest BCUT2D eigenvalue weighted by atomic mass is 10.1. The molecule has 7 heteroatoms. The Balaban J connectivity index is 1.48. The van der Waals surface area contributed by atoms with E-state index in [4.69, 9.17) is 9.47 Å². The molecule has 0 spiro atoms. The van der Waals surface area contributed by atoms with Gasteiger partial charge in [-0.2, -0.15) is 0 Å². The minimum atomic E-state index is -0.959. The zero-order valence-corrected chi connectivity index (χ0v) is 16.6. The van der Waals surface area contributed by atoms with E-state index in [0.717, 1.165) is 10.5 Å². The molecule has 4 rings (SSSR count). The van der Waals surface area contributed by atoms with E-state index in [-0.39, 0.29) is 6.61 Å². The number of hydrogen-bond acceptors (Lipinski definition) is 5. The highest BCUT2D eigenvalue weighted by atomic mass is 16.7. The van der Waals surface area contributed by atoms with Gasteiger partial charge >= 0.3 is 12.2 Å². The van der Waals surface area contributed by atoms with Crippen molar-refractivity contribution >= 4 is 23.8 Å². The second-order valence-electron chi connectivity index (χ2n) is 6.87.